The van der Waals surface area contributed by atoms with Gasteiger partial charge in [-0.05, 0) is 44.9 Å². The molecule has 0 saturated heterocycles. The number of alkyl halides is 1. The molecule has 8 heteroatoms. The first kappa shape index (κ1) is 15.8. The second-order valence-corrected chi connectivity index (χ2v) is 13.2. The van der Waals surface area contributed by atoms with E-state index in [-0.39, 0.29) is 18.0 Å². The molecular weight excluding hydrogens is 392 g/mol. The summed E-state index contributed by atoms with van der Waals surface area (Å²) >= 11 is 3.32. The van der Waals surface area contributed by atoms with Crippen molar-refractivity contribution in [3.8, 4) is 0 Å². The van der Waals surface area contributed by atoms with Crippen LogP contribution in [0.5, 0.6) is 0 Å². The third-order valence-electron chi connectivity index (χ3n) is 5.66. The molecule has 5 nitrogen and oxygen atoms in total. The van der Waals surface area contributed by atoms with Gasteiger partial charge in [-0.25, -0.2) is 16.8 Å². The first-order valence-corrected chi connectivity index (χ1v) is 12.1. The summed E-state index contributed by atoms with van der Waals surface area (Å²) in [7, 11) is -6.24. The molecule has 4 fully saturated rings. The number of hydrogen-bond acceptors (Lipinski definition) is 5. The van der Waals surface area contributed by atoms with Gasteiger partial charge in [-0.3, -0.25) is 0 Å². The van der Waals surface area contributed by atoms with Crippen molar-refractivity contribution in [1.29, 1.82) is 0 Å². The zero-order chi connectivity index (χ0) is 15.8. The van der Waals surface area contributed by atoms with Crippen molar-refractivity contribution in [1.82, 2.24) is 0 Å². The van der Waals surface area contributed by atoms with E-state index in [0.29, 0.717) is 24.6 Å². The highest BCUT2D eigenvalue weighted by atomic mass is 79.9. The minimum Gasteiger partial charge on any atom is -0.375 e. The van der Waals surface area contributed by atoms with Crippen molar-refractivity contribution < 1.29 is 21.6 Å². The lowest BCUT2D eigenvalue weighted by atomic mass is 10.4. The average molecular weight is 413 g/mol. The second kappa shape index (κ2) is 4.70. The highest BCUT2D eigenvalue weighted by Gasteiger charge is 2.64. The summed E-state index contributed by atoms with van der Waals surface area (Å²) in [6, 6.07) is 0. The highest BCUT2D eigenvalue weighted by Crippen LogP contribution is 2.54. The van der Waals surface area contributed by atoms with Gasteiger partial charge < -0.3 is 4.74 Å². The summed E-state index contributed by atoms with van der Waals surface area (Å²) in [4.78, 5) is 0. The van der Waals surface area contributed by atoms with E-state index in [1.807, 2.05) is 0 Å². The molecule has 0 spiro atoms. The lowest BCUT2D eigenvalue weighted by Gasteiger charge is -2.17. The Labute approximate surface area is 140 Å². The van der Waals surface area contributed by atoms with Crippen LogP contribution in [0.3, 0.4) is 0 Å². The topological polar surface area (TPSA) is 77.5 Å². The van der Waals surface area contributed by atoms with Gasteiger partial charge in [0.05, 0.1) is 32.7 Å². The van der Waals surface area contributed by atoms with Gasteiger partial charge in [-0.2, -0.15) is 0 Å². The molecule has 126 valence electrons. The van der Waals surface area contributed by atoms with Crippen LogP contribution < -0.4 is 0 Å². The molecule has 0 aromatic carbocycles. The SMILES string of the molecule is O=S(=O)(C1CC1)C1(CO[C@@H]2CC2S(=O)(=O)C2(CBr)CC2)CC1. The number of halogens is 1. The third-order valence-corrected chi connectivity index (χ3v) is 13.2. The smallest absolute Gasteiger partial charge is 0.162 e. The Kier molecular flexibility index (Phi) is 3.38. The van der Waals surface area contributed by atoms with Crippen LogP contribution in [0.1, 0.15) is 44.9 Å². The third kappa shape index (κ3) is 2.24. The molecule has 4 saturated carbocycles. The van der Waals surface area contributed by atoms with Crippen molar-refractivity contribution in [3.63, 3.8) is 0 Å². The summed E-state index contributed by atoms with van der Waals surface area (Å²) in [5, 5.41) is -0.0987. The summed E-state index contributed by atoms with van der Waals surface area (Å²) < 4.78 is 54.4. The summed E-state index contributed by atoms with van der Waals surface area (Å²) in [5.74, 6) is 0. The molecule has 4 aliphatic carbocycles. The number of rotatable bonds is 8. The van der Waals surface area contributed by atoms with Crippen LogP contribution in [-0.4, -0.2) is 54.9 Å². The van der Waals surface area contributed by atoms with Crippen LogP contribution in [0.2, 0.25) is 0 Å². The van der Waals surface area contributed by atoms with E-state index in [0.717, 1.165) is 25.7 Å². The van der Waals surface area contributed by atoms with Crippen molar-refractivity contribution in [2.45, 2.75) is 71.0 Å². The van der Waals surface area contributed by atoms with Crippen LogP contribution in [0.25, 0.3) is 0 Å². The van der Waals surface area contributed by atoms with Gasteiger partial charge in [0.1, 0.15) is 0 Å². The van der Waals surface area contributed by atoms with E-state index >= 15 is 0 Å². The van der Waals surface area contributed by atoms with E-state index in [1.54, 1.807) is 0 Å². The molecule has 4 aliphatic rings. The van der Waals surface area contributed by atoms with Crippen LogP contribution in [0, 0.1) is 0 Å². The standard InChI is InChI=1S/C14H21BrO5S2/c15-8-13(3-4-13)22(18,19)12-7-11(12)20-9-14(5-6-14)21(16,17)10-1-2-10/h10-12H,1-9H2/t11-,12?/m1/s1. The Morgan fingerprint density at radius 2 is 1.55 bits per heavy atom. The lowest BCUT2D eigenvalue weighted by molar-refractivity contribution is 0.115. The number of hydrogen-bond donors (Lipinski definition) is 0. The summed E-state index contributed by atoms with van der Waals surface area (Å²) in [6.07, 6.45) is 4.57. The normalized spacial score (nSPS) is 35.1. The van der Waals surface area contributed by atoms with Crippen molar-refractivity contribution in [2.75, 3.05) is 11.9 Å². The van der Waals surface area contributed by atoms with E-state index in [2.05, 4.69) is 15.9 Å². The predicted octanol–water partition coefficient (Wildman–Crippen LogP) is 1.60. The molecule has 0 aromatic rings. The van der Waals surface area contributed by atoms with Gasteiger partial charge in [0.15, 0.2) is 19.7 Å². The molecule has 0 aromatic heterocycles. The molecular formula is C14H21BrO5S2. The molecule has 0 N–H and O–H groups in total. The molecule has 1 unspecified atom stereocenters. The monoisotopic (exact) mass is 412 g/mol. The maximum Gasteiger partial charge on any atom is 0.162 e. The number of ether oxygens (including phenoxy) is 1. The van der Waals surface area contributed by atoms with E-state index < -0.39 is 34.4 Å². The van der Waals surface area contributed by atoms with Gasteiger partial charge in [0.25, 0.3) is 0 Å². The lowest BCUT2D eigenvalue weighted by Crippen LogP contribution is -2.34. The minimum atomic E-state index is -3.16. The Morgan fingerprint density at radius 3 is 2.00 bits per heavy atom. The average Bonchev–Trinajstić information content (AvgIpc) is 3.39. The first-order chi connectivity index (χ1) is 10.3. The van der Waals surface area contributed by atoms with Crippen molar-refractivity contribution >= 4 is 35.6 Å². The summed E-state index contributed by atoms with van der Waals surface area (Å²) in [6.45, 7) is 0.184. The van der Waals surface area contributed by atoms with Gasteiger partial charge in [0.2, 0.25) is 0 Å². The van der Waals surface area contributed by atoms with Crippen molar-refractivity contribution in [2.24, 2.45) is 0 Å². The van der Waals surface area contributed by atoms with Gasteiger partial charge in [0, 0.05) is 5.33 Å². The van der Waals surface area contributed by atoms with Crippen LogP contribution in [0.15, 0.2) is 0 Å². The Bertz CT molecular complexity index is 687. The van der Waals surface area contributed by atoms with Crippen molar-refractivity contribution in [3.05, 3.63) is 0 Å². The van der Waals surface area contributed by atoms with Gasteiger partial charge in [-0.1, -0.05) is 15.9 Å². The predicted molar refractivity (Wildman–Crippen MR) is 86.7 cm³/mol. The molecule has 0 aliphatic heterocycles. The zero-order valence-corrected chi connectivity index (χ0v) is 15.6. The van der Waals surface area contributed by atoms with E-state index in [4.69, 9.17) is 4.74 Å². The largest absolute Gasteiger partial charge is 0.375 e. The van der Waals surface area contributed by atoms with E-state index in [9.17, 15) is 16.8 Å². The van der Waals surface area contributed by atoms with Crippen LogP contribution in [0.4, 0.5) is 0 Å². The Hall–Kier alpha value is 0.340. The van der Waals surface area contributed by atoms with Crippen LogP contribution in [-0.2, 0) is 24.4 Å². The number of sulfone groups is 2. The molecule has 2 atom stereocenters. The Balaban J connectivity index is 1.37. The molecule has 0 bridgehead atoms. The van der Waals surface area contributed by atoms with E-state index in [1.165, 1.54) is 0 Å². The fourth-order valence-corrected chi connectivity index (χ4v) is 9.52. The molecule has 4 rings (SSSR count). The van der Waals surface area contributed by atoms with Gasteiger partial charge in [-0.15, -0.1) is 0 Å². The maximum absolute atomic E-state index is 12.5. The Morgan fingerprint density at radius 1 is 0.955 bits per heavy atom. The second-order valence-electron chi connectivity index (χ2n) is 7.41. The van der Waals surface area contributed by atoms with Crippen LogP contribution >= 0.6 is 15.9 Å². The molecule has 0 radical (unpaired) electrons. The molecule has 0 amide bonds. The minimum absolute atomic E-state index is 0.166. The van der Waals surface area contributed by atoms with Gasteiger partial charge >= 0.3 is 0 Å². The fraction of sp³-hybridized carbons (Fsp3) is 1.00. The zero-order valence-electron chi connectivity index (χ0n) is 12.3. The molecule has 22 heavy (non-hydrogen) atoms. The fourth-order valence-electron chi connectivity index (χ4n) is 3.25. The molecule has 0 heterocycles. The first-order valence-electron chi connectivity index (χ1n) is 7.93. The highest BCUT2D eigenvalue weighted by molar-refractivity contribution is 9.09. The maximum atomic E-state index is 12.5. The summed E-state index contributed by atoms with van der Waals surface area (Å²) in [5.41, 5.74) is 0. The quantitative estimate of drug-likeness (QED) is 0.565.